The van der Waals surface area contributed by atoms with Crippen LogP contribution in [-0.2, 0) is 12.8 Å². The highest BCUT2D eigenvalue weighted by Gasteiger charge is 2.31. The minimum absolute atomic E-state index is 0.683. The van der Waals surface area contributed by atoms with Crippen molar-refractivity contribution in [2.45, 2.75) is 45.2 Å². The molecule has 0 amide bonds. The molecule has 1 aliphatic heterocycles. The van der Waals surface area contributed by atoms with Gasteiger partial charge in [-0.15, -0.1) is 0 Å². The lowest BCUT2D eigenvalue weighted by atomic mass is 9.96. The van der Waals surface area contributed by atoms with Crippen LogP contribution in [0.2, 0.25) is 0 Å². The molecule has 104 valence electrons. The molecule has 0 radical (unpaired) electrons. The van der Waals surface area contributed by atoms with E-state index in [-0.39, 0.29) is 0 Å². The van der Waals surface area contributed by atoms with Crippen LogP contribution < -0.4 is 5.32 Å². The Bertz CT molecular complexity index is 404. The van der Waals surface area contributed by atoms with Crippen LogP contribution in [0.25, 0.3) is 0 Å². The van der Waals surface area contributed by atoms with Crippen LogP contribution >= 0.6 is 0 Å². The lowest BCUT2D eigenvalue weighted by Crippen LogP contribution is -2.56. The van der Waals surface area contributed by atoms with Gasteiger partial charge in [-0.25, -0.2) is 0 Å². The average Bonchev–Trinajstić information content (AvgIpc) is 2.90. The molecule has 2 unspecified atom stereocenters. The summed E-state index contributed by atoms with van der Waals surface area (Å²) >= 11 is 0. The average molecular weight is 258 g/mol. The smallest absolute Gasteiger partial charge is 0.0221 e. The first-order chi connectivity index (χ1) is 9.28. The van der Waals surface area contributed by atoms with E-state index >= 15 is 0 Å². The maximum absolute atomic E-state index is 3.70. The Labute approximate surface area is 117 Å². The lowest BCUT2D eigenvalue weighted by Gasteiger charge is -2.39. The van der Waals surface area contributed by atoms with Crippen LogP contribution in [0.5, 0.6) is 0 Å². The Morgan fingerprint density at radius 3 is 2.58 bits per heavy atom. The molecular formula is C17H26N2. The van der Waals surface area contributed by atoms with Gasteiger partial charge in [0.05, 0.1) is 0 Å². The van der Waals surface area contributed by atoms with E-state index in [9.17, 15) is 0 Å². The van der Waals surface area contributed by atoms with Gasteiger partial charge in [-0.2, -0.15) is 0 Å². The van der Waals surface area contributed by atoms with Crippen molar-refractivity contribution in [2.24, 2.45) is 5.92 Å². The zero-order chi connectivity index (χ0) is 13.2. The molecule has 1 N–H and O–H groups in total. The summed E-state index contributed by atoms with van der Waals surface area (Å²) < 4.78 is 0. The van der Waals surface area contributed by atoms with Gasteiger partial charge in [0.25, 0.3) is 0 Å². The number of rotatable bonds is 3. The molecular weight excluding hydrogens is 232 g/mol. The summed E-state index contributed by atoms with van der Waals surface area (Å²) in [6, 6.07) is 10.4. The Balaban J connectivity index is 1.65. The first-order valence-corrected chi connectivity index (χ1v) is 7.82. The van der Waals surface area contributed by atoms with Crippen molar-refractivity contribution in [3.8, 4) is 0 Å². The van der Waals surface area contributed by atoms with E-state index in [1.54, 1.807) is 11.1 Å². The predicted octanol–water partition coefficient (Wildman–Crippen LogP) is 2.47. The second-order valence-electron chi connectivity index (χ2n) is 6.27. The SMILES string of the molecule is CCC(C)C1CN(C2Cc3ccccc3C2)CCN1. The molecule has 0 spiro atoms. The van der Waals surface area contributed by atoms with E-state index in [1.807, 2.05) is 0 Å². The van der Waals surface area contributed by atoms with E-state index in [4.69, 9.17) is 0 Å². The fourth-order valence-electron chi connectivity index (χ4n) is 3.59. The second kappa shape index (κ2) is 5.64. The highest BCUT2D eigenvalue weighted by molar-refractivity contribution is 5.33. The van der Waals surface area contributed by atoms with Crippen LogP contribution in [0.1, 0.15) is 31.4 Å². The van der Waals surface area contributed by atoms with Crippen LogP contribution in [0.15, 0.2) is 24.3 Å². The Morgan fingerprint density at radius 1 is 1.26 bits per heavy atom. The van der Waals surface area contributed by atoms with Crippen LogP contribution in [0, 0.1) is 5.92 Å². The Morgan fingerprint density at radius 2 is 1.95 bits per heavy atom. The number of piperazine rings is 1. The van der Waals surface area contributed by atoms with Gasteiger partial charge in [0.2, 0.25) is 0 Å². The fourth-order valence-corrected chi connectivity index (χ4v) is 3.59. The summed E-state index contributed by atoms with van der Waals surface area (Å²) in [6.45, 7) is 8.28. The Kier molecular flexibility index (Phi) is 3.90. The maximum atomic E-state index is 3.70. The number of hydrogen-bond donors (Lipinski definition) is 1. The number of benzene rings is 1. The molecule has 2 heteroatoms. The normalized spacial score (nSPS) is 26.3. The summed E-state index contributed by atoms with van der Waals surface area (Å²) in [7, 11) is 0. The Hall–Kier alpha value is -0.860. The molecule has 1 saturated heterocycles. The first kappa shape index (κ1) is 13.1. The molecule has 1 aromatic carbocycles. The van der Waals surface area contributed by atoms with Crippen LogP contribution in [0.3, 0.4) is 0 Å². The minimum atomic E-state index is 0.683. The zero-order valence-corrected chi connectivity index (χ0v) is 12.2. The minimum Gasteiger partial charge on any atom is -0.311 e. The molecule has 1 aromatic rings. The maximum Gasteiger partial charge on any atom is 0.0221 e. The quantitative estimate of drug-likeness (QED) is 0.896. The van der Waals surface area contributed by atoms with Crippen molar-refractivity contribution < 1.29 is 0 Å². The summed E-state index contributed by atoms with van der Waals surface area (Å²) in [4.78, 5) is 2.73. The van der Waals surface area contributed by atoms with Crippen molar-refractivity contribution >= 4 is 0 Å². The van der Waals surface area contributed by atoms with Gasteiger partial charge in [-0.3, -0.25) is 4.90 Å². The summed E-state index contributed by atoms with van der Waals surface area (Å²) in [5.74, 6) is 0.784. The van der Waals surface area contributed by atoms with E-state index < -0.39 is 0 Å². The van der Waals surface area contributed by atoms with Gasteiger partial charge in [0.15, 0.2) is 0 Å². The van der Waals surface area contributed by atoms with Crippen LogP contribution in [-0.4, -0.2) is 36.6 Å². The zero-order valence-electron chi connectivity index (χ0n) is 12.2. The third-order valence-electron chi connectivity index (χ3n) is 5.11. The molecule has 2 nitrogen and oxygen atoms in total. The summed E-state index contributed by atoms with van der Waals surface area (Å²) in [5, 5.41) is 3.70. The number of nitrogens with one attached hydrogen (secondary N) is 1. The number of nitrogens with zero attached hydrogens (tertiary/aromatic N) is 1. The van der Waals surface area contributed by atoms with E-state index in [0.29, 0.717) is 6.04 Å². The van der Waals surface area contributed by atoms with Crippen molar-refractivity contribution in [1.82, 2.24) is 10.2 Å². The topological polar surface area (TPSA) is 15.3 Å². The van der Waals surface area contributed by atoms with Crippen molar-refractivity contribution in [3.63, 3.8) is 0 Å². The highest BCUT2D eigenvalue weighted by Crippen LogP contribution is 2.26. The molecule has 1 fully saturated rings. The third kappa shape index (κ3) is 2.70. The van der Waals surface area contributed by atoms with Gasteiger partial charge in [-0.05, 0) is 29.9 Å². The van der Waals surface area contributed by atoms with Crippen molar-refractivity contribution in [2.75, 3.05) is 19.6 Å². The molecule has 0 saturated carbocycles. The molecule has 1 heterocycles. The predicted molar refractivity (Wildman–Crippen MR) is 80.5 cm³/mol. The second-order valence-corrected chi connectivity index (χ2v) is 6.27. The van der Waals surface area contributed by atoms with Gasteiger partial charge in [0.1, 0.15) is 0 Å². The molecule has 3 rings (SSSR count). The standard InChI is InChI=1S/C17H26N2/c1-3-13(2)17-12-19(9-8-18-17)16-10-14-6-4-5-7-15(14)11-16/h4-7,13,16-18H,3,8-12H2,1-2H3. The molecule has 1 aliphatic carbocycles. The molecule has 0 bridgehead atoms. The molecule has 2 atom stereocenters. The molecule has 0 aromatic heterocycles. The van der Waals surface area contributed by atoms with Crippen molar-refractivity contribution in [1.29, 1.82) is 0 Å². The first-order valence-electron chi connectivity index (χ1n) is 7.82. The molecule has 2 aliphatic rings. The monoisotopic (exact) mass is 258 g/mol. The van der Waals surface area contributed by atoms with E-state index in [0.717, 1.165) is 18.5 Å². The van der Waals surface area contributed by atoms with Gasteiger partial charge in [-0.1, -0.05) is 44.5 Å². The largest absolute Gasteiger partial charge is 0.311 e. The third-order valence-corrected chi connectivity index (χ3v) is 5.11. The van der Waals surface area contributed by atoms with Gasteiger partial charge < -0.3 is 5.32 Å². The van der Waals surface area contributed by atoms with Gasteiger partial charge >= 0.3 is 0 Å². The van der Waals surface area contributed by atoms with Crippen molar-refractivity contribution in [3.05, 3.63) is 35.4 Å². The number of hydrogen-bond acceptors (Lipinski definition) is 2. The fraction of sp³-hybridized carbons (Fsp3) is 0.647. The van der Waals surface area contributed by atoms with Crippen LogP contribution in [0.4, 0.5) is 0 Å². The summed E-state index contributed by atoms with van der Waals surface area (Å²) in [6.07, 6.45) is 3.78. The highest BCUT2D eigenvalue weighted by atomic mass is 15.2. The molecule has 19 heavy (non-hydrogen) atoms. The number of fused-ring (bicyclic) bond motifs is 1. The summed E-state index contributed by atoms with van der Waals surface area (Å²) in [5.41, 5.74) is 3.15. The van der Waals surface area contributed by atoms with E-state index in [1.165, 1.54) is 32.4 Å². The van der Waals surface area contributed by atoms with E-state index in [2.05, 4.69) is 48.3 Å². The lowest BCUT2D eigenvalue weighted by molar-refractivity contribution is 0.126. The van der Waals surface area contributed by atoms with Gasteiger partial charge in [0, 0.05) is 31.7 Å².